The fraction of sp³-hybridized carbons (Fsp3) is 0.385. The van der Waals surface area contributed by atoms with Gasteiger partial charge in [0.2, 0.25) is 5.91 Å². The summed E-state index contributed by atoms with van der Waals surface area (Å²) in [5.74, 6) is -1.79. The molecule has 0 atom stereocenters. The zero-order valence-corrected chi connectivity index (χ0v) is 10.4. The Morgan fingerprint density at radius 1 is 1.28 bits per heavy atom. The monoisotopic (exact) mass is 253 g/mol. The predicted octanol–water partition coefficient (Wildman–Crippen LogP) is 2.29. The van der Waals surface area contributed by atoms with Crippen LogP contribution in [0.3, 0.4) is 0 Å². The van der Waals surface area contributed by atoms with Gasteiger partial charge in [-0.25, -0.2) is 4.39 Å². The minimum Gasteiger partial charge on any atom is -0.481 e. The number of hydrogen-bond acceptors (Lipinski definition) is 2. The number of rotatable bonds is 5. The van der Waals surface area contributed by atoms with Gasteiger partial charge in [0, 0.05) is 18.2 Å². The molecule has 0 fully saturated rings. The van der Waals surface area contributed by atoms with Crippen molar-refractivity contribution in [2.24, 2.45) is 5.92 Å². The lowest BCUT2D eigenvalue weighted by molar-refractivity contribution is -0.136. The van der Waals surface area contributed by atoms with E-state index in [1.165, 1.54) is 29.2 Å². The number of halogens is 1. The molecule has 0 aromatic heterocycles. The quantitative estimate of drug-likeness (QED) is 0.875. The Labute approximate surface area is 105 Å². The number of carbonyl (C=O) groups is 2. The van der Waals surface area contributed by atoms with E-state index in [1.807, 2.05) is 0 Å². The number of carboxylic acids is 1. The Kier molecular flexibility index (Phi) is 4.83. The van der Waals surface area contributed by atoms with Gasteiger partial charge in [0.05, 0.1) is 6.42 Å². The summed E-state index contributed by atoms with van der Waals surface area (Å²) in [7, 11) is 0. The highest BCUT2D eigenvalue weighted by molar-refractivity contribution is 5.95. The second-order valence-corrected chi connectivity index (χ2v) is 4.26. The van der Waals surface area contributed by atoms with E-state index >= 15 is 0 Å². The molecule has 0 heterocycles. The number of anilines is 1. The van der Waals surface area contributed by atoms with E-state index in [2.05, 4.69) is 0 Å². The molecular weight excluding hydrogens is 237 g/mol. The minimum absolute atomic E-state index is 0.0813. The minimum atomic E-state index is -0.973. The van der Waals surface area contributed by atoms with Crippen LogP contribution in [0.25, 0.3) is 0 Å². The maximum Gasteiger partial charge on any atom is 0.305 e. The van der Waals surface area contributed by atoms with Gasteiger partial charge in [0.15, 0.2) is 0 Å². The summed E-state index contributed by atoms with van der Waals surface area (Å²) in [4.78, 5) is 23.9. The Balaban J connectivity index is 2.92. The van der Waals surface area contributed by atoms with Gasteiger partial charge in [-0.05, 0) is 24.3 Å². The highest BCUT2D eigenvalue weighted by Gasteiger charge is 2.19. The van der Waals surface area contributed by atoms with Gasteiger partial charge in [0.1, 0.15) is 5.82 Å². The lowest BCUT2D eigenvalue weighted by Crippen LogP contribution is -2.36. The summed E-state index contributed by atoms with van der Waals surface area (Å²) in [5, 5.41) is 8.68. The number of carboxylic acid groups (broad SMARTS) is 1. The largest absolute Gasteiger partial charge is 0.481 e. The molecule has 1 aromatic rings. The lowest BCUT2D eigenvalue weighted by Gasteiger charge is -2.24. The van der Waals surface area contributed by atoms with Crippen molar-refractivity contribution in [2.75, 3.05) is 11.4 Å². The number of hydrogen-bond donors (Lipinski definition) is 1. The van der Waals surface area contributed by atoms with Gasteiger partial charge in [-0.2, -0.15) is 0 Å². The zero-order chi connectivity index (χ0) is 13.7. The molecule has 1 amide bonds. The first-order chi connectivity index (χ1) is 8.41. The topological polar surface area (TPSA) is 57.6 Å². The molecule has 0 aliphatic heterocycles. The normalized spacial score (nSPS) is 10.4. The first kappa shape index (κ1) is 14.2. The average molecular weight is 253 g/mol. The molecule has 1 rings (SSSR count). The van der Waals surface area contributed by atoms with Gasteiger partial charge < -0.3 is 10.0 Å². The number of carbonyl (C=O) groups excluding carboxylic acids is 1. The highest BCUT2D eigenvalue weighted by Crippen LogP contribution is 2.17. The van der Waals surface area contributed by atoms with Crippen molar-refractivity contribution in [2.45, 2.75) is 20.3 Å². The maximum atomic E-state index is 12.8. The van der Waals surface area contributed by atoms with Crippen LogP contribution >= 0.6 is 0 Å². The second-order valence-electron chi connectivity index (χ2n) is 4.26. The molecule has 0 bridgehead atoms. The van der Waals surface area contributed by atoms with Gasteiger partial charge in [0.25, 0.3) is 0 Å². The van der Waals surface area contributed by atoms with E-state index in [1.54, 1.807) is 13.8 Å². The average Bonchev–Trinajstić information content (AvgIpc) is 2.30. The molecule has 0 unspecified atom stereocenters. The maximum absolute atomic E-state index is 12.8. The Morgan fingerprint density at radius 2 is 1.83 bits per heavy atom. The molecule has 0 spiro atoms. The van der Waals surface area contributed by atoms with E-state index < -0.39 is 11.8 Å². The zero-order valence-electron chi connectivity index (χ0n) is 10.4. The van der Waals surface area contributed by atoms with Crippen molar-refractivity contribution in [3.05, 3.63) is 30.1 Å². The molecular formula is C13H16FNO3. The molecule has 0 aliphatic rings. The molecule has 4 nitrogen and oxygen atoms in total. The summed E-state index contributed by atoms with van der Waals surface area (Å²) in [5.41, 5.74) is 0.511. The molecule has 18 heavy (non-hydrogen) atoms. The standard InChI is InChI=1S/C13H16FNO3/c1-9(2)13(18)15(8-7-12(16)17)11-5-3-10(14)4-6-11/h3-6,9H,7-8H2,1-2H3,(H,16,17). The van der Waals surface area contributed by atoms with Gasteiger partial charge >= 0.3 is 5.97 Å². The molecule has 0 radical (unpaired) electrons. The molecule has 0 saturated heterocycles. The summed E-state index contributed by atoms with van der Waals surface area (Å²) < 4.78 is 12.8. The van der Waals surface area contributed by atoms with Crippen LogP contribution in [0.5, 0.6) is 0 Å². The van der Waals surface area contributed by atoms with Crippen molar-refractivity contribution in [3.63, 3.8) is 0 Å². The first-order valence-corrected chi connectivity index (χ1v) is 5.70. The van der Waals surface area contributed by atoms with Crippen molar-refractivity contribution < 1.29 is 19.1 Å². The molecule has 1 N–H and O–H groups in total. The number of benzene rings is 1. The van der Waals surface area contributed by atoms with Crippen molar-refractivity contribution in [3.8, 4) is 0 Å². The third kappa shape index (κ3) is 3.84. The Morgan fingerprint density at radius 3 is 2.28 bits per heavy atom. The summed E-state index contributed by atoms with van der Waals surface area (Å²) >= 11 is 0. The van der Waals surface area contributed by atoms with Crippen LogP contribution < -0.4 is 4.90 Å². The van der Waals surface area contributed by atoms with Crippen LogP contribution in [0.4, 0.5) is 10.1 Å². The van der Waals surface area contributed by atoms with Crippen LogP contribution in [0.15, 0.2) is 24.3 Å². The molecule has 0 aliphatic carbocycles. The SMILES string of the molecule is CC(C)C(=O)N(CCC(=O)O)c1ccc(F)cc1. The summed E-state index contributed by atoms with van der Waals surface area (Å²) in [6.45, 7) is 3.55. The third-order valence-electron chi connectivity index (χ3n) is 2.45. The fourth-order valence-corrected chi connectivity index (χ4v) is 1.51. The lowest BCUT2D eigenvalue weighted by atomic mass is 10.1. The van der Waals surface area contributed by atoms with Crippen LogP contribution in [-0.4, -0.2) is 23.5 Å². The summed E-state index contributed by atoms with van der Waals surface area (Å²) in [6, 6.07) is 5.43. The predicted molar refractivity (Wildman–Crippen MR) is 65.8 cm³/mol. The third-order valence-corrected chi connectivity index (χ3v) is 2.45. The fourth-order valence-electron chi connectivity index (χ4n) is 1.51. The van der Waals surface area contributed by atoms with Crippen LogP contribution in [0.2, 0.25) is 0 Å². The van der Waals surface area contributed by atoms with Gasteiger partial charge in [-0.15, -0.1) is 0 Å². The smallest absolute Gasteiger partial charge is 0.305 e. The van der Waals surface area contributed by atoms with E-state index in [9.17, 15) is 14.0 Å². The molecule has 98 valence electrons. The van der Waals surface area contributed by atoms with Crippen molar-refractivity contribution in [1.82, 2.24) is 0 Å². The molecule has 0 saturated carbocycles. The van der Waals surface area contributed by atoms with Crippen molar-refractivity contribution in [1.29, 1.82) is 0 Å². The molecule has 1 aromatic carbocycles. The summed E-state index contributed by atoms with van der Waals surface area (Å²) in [6.07, 6.45) is -0.143. The number of nitrogens with zero attached hydrogens (tertiary/aromatic N) is 1. The molecule has 5 heteroatoms. The van der Waals surface area contributed by atoms with Crippen LogP contribution in [-0.2, 0) is 9.59 Å². The van der Waals surface area contributed by atoms with E-state index in [4.69, 9.17) is 5.11 Å². The second kappa shape index (κ2) is 6.14. The Bertz CT molecular complexity index is 428. The van der Waals surface area contributed by atoms with Gasteiger partial charge in [-0.1, -0.05) is 13.8 Å². The first-order valence-electron chi connectivity index (χ1n) is 5.70. The van der Waals surface area contributed by atoms with E-state index in [0.717, 1.165) is 0 Å². The number of amides is 1. The van der Waals surface area contributed by atoms with E-state index in [-0.39, 0.29) is 24.8 Å². The van der Waals surface area contributed by atoms with Gasteiger partial charge in [-0.3, -0.25) is 9.59 Å². The van der Waals surface area contributed by atoms with Crippen molar-refractivity contribution >= 4 is 17.6 Å². The highest BCUT2D eigenvalue weighted by atomic mass is 19.1. The number of aliphatic carboxylic acids is 1. The van der Waals surface area contributed by atoms with Crippen LogP contribution in [0, 0.1) is 11.7 Å². The van der Waals surface area contributed by atoms with Crippen LogP contribution in [0.1, 0.15) is 20.3 Å². The van der Waals surface area contributed by atoms with E-state index in [0.29, 0.717) is 5.69 Å². The Hall–Kier alpha value is -1.91.